The fourth-order valence-corrected chi connectivity index (χ4v) is 2.28. The fraction of sp³-hybridized carbons (Fsp3) is 1.00. The highest BCUT2D eigenvalue weighted by Crippen LogP contribution is 2.31. The molecule has 0 aromatic carbocycles. The molecule has 0 aromatic heterocycles. The van der Waals surface area contributed by atoms with E-state index in [1.54, 1.807) is 0 Å². The first-order chi connectivity index (χ1) is 7.47. The Bertz CT molecular complexity index is 309. The van der Waals surface area contributed by atoms with E-state index in [1.165, 1.54) is 18.5 Å². The second-order valence-electron chi connectivity index (χ2n) is 4.17. The van der Waals surface area contributed by atoms with Gasteiger partial charge in [-0.05, 0) is 18.8 Å². The summed E-state index contributed by atoms with van der Waals surface area (Å²) >= 11 is 0. The molecule has 0 spiro atoms. The molecule has 104 valence electrons. The Kier molecular flexibility index (Phi) is 7.54. The molecule has 0 aromatic rings. The third-order valence-corrected chi connectivity index (χ3v) is 4.28. The van der Waals surface area contributed by atoms with Gasteiger partial charge in [-0.2, -0.15) is 12.7 Å². The molecule has 0 amide bonds. The Labute approximate surface area is 109 Å². The van der Waals surface area contributed by atoms with Crippen molar-refractivity contribution in [2.75, 3.05) is 33.9 Å². The topological polar surface area (TPSA) is 84.7 Å². The van der Waals surface area contributed by atoms with Crippen molar-refractivity contribution in [1.82, 2.24) is 9.03 Å². The van der Waals surface area contributed by atoms with E-state index in [9.17, 15) is 8.42 Å². The predicted molar refractivity (Wildman–Crippen MR) is 69.4 cm³/mol. The minimum Gasteiger partial charge on any atom is -0.383 e. The van der Waals surface area contributed by atoms with Gasteiger partial charge in [-0.3, -0.25) is 0 Å². The third kappa shape index (κ3) is 5.98. The van der Waals surface area contributed by atoms with E-state index in [4.69, 9.17) is 10.5 Å². The molecule has 0 aliphatic heterocycles. The first-order valence-electron chi connectivity index (χ1n) is 5.43. The molecule has 0 saturated heterocycles. The second kappa shape index (κ2) is 7.50. The van der Waals surface area contributed by atoms with Gasteiger partial charge in [0.25, 0.3) is 10.2 Å². The zero-order valence-electron chi connectivity index (χ0n) is 10.3. The van der Waals surface area contributed by atoms with Gasteiger partial charge in [0.05, 0.1) is 6.61 Å². The van der Waals surface area contributed by atoms with Crippen LogP contribution in [0.25, 0.3) is 0 Å². The molecule has 3 N–H and O–H groups in total. The van der Waals surface area contributed by atoms with E-state index in [0.29, 0.717) is 25.6 Å². The van der Waals surface area contributed by atoms with Crippen molar-refractivity contribution < 1.29 is 13.2 Å². The van der Waals surface area contributed by atoms with Crippen LogP contribution in [-0.4, -0.2) is 52.6 Å². The first-order valence-corrected chi connectivity index (χ1v) is 6.87. The van der Waals surface area contributed by atoms with Crippen LogP contribution in [0.4, 0.5) is 0 Å². The van der Waals surface area contributed by atoms with Gasteiger partial charge in [-0.15, -0.1) is 12.4 Å². The molecule has 1 rings (SSSR count). The highest BCUT2D eigenvalue weighted by molar-refractivity contribution is 7.87. The molecule has 1 fully saturated rings. The summed E-state index contributed by atoms with van der Waals surface area (Å²) in [6.45, 7) is 1.03. The molecule has 1 atom stereocenters. The van der Waals surface area contributed by atoms with Gasteiger partial charge in [0.2, 0.25) is 0 Å². The van der Waals surface area contributed by atoms with Crippen LogP contribution in [0.5, 0.6) is 0 Å². The van der Waals surface area contributed by atoms with Crippen LogP contribution in [0.3, 0.4) is 0 Å². The highest BCUT2D eigenvalue weighted by atomic mass is 35.5. The van der Waals surface area contributed by atoms with Gasteiger partial charge in [-0.1, -0.05) is 0 Å². The molecule has 0 heterocycles. The average molecular weight is 288 g/mol. The van der Waals surface area contributed by atoms with E-state index in [0.717, 1.165) is 12.8 Å². The van der Waals surface area contributed by atoms with Gasteiger partial charge in [0.1, 0.15) is 0 Å². The van der Waals surface area contributed by atoms with Gasteiger partial charge in [0.15, 0.2) is 0 Å². The smallest absolute Gasteiger partial charge is 0.279 e. The molecule has 1 saturated carbocycles. The summed E-state index contributed by atoms with van der Waals surface area (Å²) in [7, 11) is -0.354. The number of halogens is 1. The lowest BCUT2D eigenvalue weighted by Gasteiger charge is -2.19. The second-order valence-corrected chi connectivity index (χ2v) is 6.03. The van der Waals surface area contributed by atoms with Crippen molar-refractivity contribution in [3.63, 3.8) is 0 Å². The molecule has 1 aliphatic carbocycles. The molecular weight excluding hydrogens is 266 g/mol. The largest absolute Gasteiger partial charge is 0.383 e. The summed E-state index contributed by atoms with van der Waals surface area (Å²) in [4.78, 5) is 0. The monoisotopic (exact) mass is 287 g/mol. The normalized spacial score (nSPS) is 17.9. The zero-order valence-corrected chi connectivity index (χ0v) is 11.9. The standard InChI is InChI=1S/C9H21N3O3S.ClH/c1-12(5-6-15-2)16(13,14)11-7-9(10)8-3-4-8;/h8-9,11H,3-7,10H2,1-2H3;1H. The number of likely N-dealkylation sites (N-methyl/N-ethyl adjacent to an activating group) is 1. The fourth-order valence-electron chi connectivity index (χ4n) is 1.34. The van der Waals surface area contributed by atoms with E-state index in [-0.39, 0.29) is 18.4 Å². The van der Waals surface area contributed by atoms with Crippen LogP contribution >= 0.6 is 12.4 Å². The van der Waals surface area contributed by atoms with Crippen molar-refractivity contribution in [1.29, 1.82) is 0 Å². The van der Waals surface area contributed by atoms with Gasteiger partial charge in [0, 0.05) is 33.3 Å². The van der Waals surface area contributed by atoms with E-state index in [1.807, 2.05) is 0 Å². The number of nitrogens with two attached hydrogens (primary N) is 1. The summed E-state index contributed by atoms with van der Waals surface area (Å²) < 4.78 is 31.9. The van der Waals surface area contributed by atoms with Gasteiger partial charge < -0.3 is 10.5 Å². The molecule has 1 unspecified atom stereocenters. The van der Waals surface area contributed by atoms with Crippen LogP contribution in [0.1, 0.15) is 12.8 Å². The molecule has 1 aliphatic rings. The van der Waals surface area contributed by atoms with Crippen molar-refractivity contribution in [3.05, 3.63) is 0 Å². The molecule has 0 radical (unpaired) electrons. The Morgan fingerprint density at radius 3 is 2.59 bits per heavy atom. The SMILES string of the molecule is COCCN(C)S(=O)(=O)NCC(N)C1CC1.Cl. The lowest BCUT2D eigenvalue weighted by atomic mass is 10.2. The molecular formula is C9H22ClN3O3S. The lowest BCUT2D eigenvalue weighted by Crippen LogP contribution is -2.45. The maximum Gasteiger partial charge on any atom is 0.279 e. The van der Waals surface area contributed by atoms with Crippen LogP contribution < -0.4 is 10.5 Å². The molecule has 0 bridgehead atoms. The van der Waals surface area contributed by atoms with Crippen molar-refractivity contribution in [2.24, 2.45) is 11.7 Å². The predicted octanol–water partition coefficient (Wildman–Crippen LogP) is -0.442. The molecule has 17 heavy (non-hydrogen) atoms. The Balaban J connectivity index is 0.00000256. The Hall–Kier alpha value is 0.0800. The van der Waals surface area contributed by atoms with Gasteiger partial charge >= 0.3 is 0 Å². The number of hydrogen-bond donors (Lipinski definition) is 2. The quantitative estimate of drug-likeness (QED) is 0.634. The van der Waals surface area contributed by atoms with Gasteiger partial charge in [-0.25, -0.2) is 4.72 Å². The summed E-state index contributed by atoms with van der Waals surface area (Å²) in [5, 5.41) is 0. The number of nitrogens with zero attached hydrogens (tertiary/aromatic N) is 1. The van der Waals surface area contributed by atoms with Crippen LogP contribution in [-0.2, 0) is 14.9 Å². The number of ether oxygens (including phenoxy) is 1. The van der Waals surface area contributed by atoms with E-state index < -0.39 is 10.2 Å². The number of nitrogens with one attached hydrogen (secondary N) is 1. The number of methoxy groups -OCH3 is 1. The minimum atomic E-state index is -3.41. The molecule has 6 nitrogen and oxygen atoms in total. The Morgan fingerprint density at radius 2 is 2.12 bits per heavy atom. The van der Waals surface area contributed by atoms with Crippen molar-refractivity contribution in [2.45, 2.75) is 18.9 Å². The molecule has 8 heteroatoms. The third-order valence-electron chi connectivity index (χ3n) is 2.75. The maximum absolute atomic E-state index is 11.7. The Morgan fingerprint density at radius 1 is 1.53 bits per heavy atom. The minimum absolute atomic E-state index is 0. The van der Waals surface area contributed by atoms with Crippen LogP contribution in [0.2, 0.25) is 0 Å². The zero-order chi connectivity index (χ0) is 12.2. The lowest BCUT2D eigenvalue weighted by molar-refractivity contribution is 0.184. The summed E-state index contributed by atoms with van der Waals surface area (Å²) in [5.74, 6) is 0.493. The van der Waals surface area contributed by atoms with Crippen LogP contribution in [0, 0.1) is 5.92 Å². The maximum atomic E-state index is 11.7. The summed E-state index contributed by atoms with van der Waals surface area (Å²) in [5.41, 5.74) is 5.82. The highest BCUT2D eigenvalue weighted by Gasteiger charge is 2.29. The van der Waals surface area contributed by atoms with Crippen LogP contribution in [0.15, 0.2) is 0 Å². The summed E-state index contributed by atoms with van der Waals surface area (Å²) in [6.07, 6.45) is 2.23. The van der Waals surface area contributed by atoms with Crippen molar-refractivity contribution in [3.8, 4) is 0 Å². The first kappa shape index (κ1) is 17.1. The number of rotatable bonds is 8. The average Bonchev–Trinajstić information content (AvgIpc) is 3.06. The van der Waals surface area contributed by atoms with E-state index >= 15 is 0 Å². The summed E-state index contributed by atoms with van der Waals surface area (Å²) in [6, 6.07) is -0.0643. The number of hydrogen-bond acceptors (Lipinski definition) is 4. The van der Waals surface area contributed by atoms with Crippen molar-refractivity contribution >= 4 is 22.6 Å². The van der Waals surface area contributed by atoms with E-state index in [2.05, 4.69) is 4.72 Å².